The van der Waals surface area contributed by atoms with Crippen molar-refractivity contribution in [2.75, 3.05) is 6.61 Å². The first-order valence-electron chi connectivity index (χ1n) is 4.90. The van der Waals surface area contributed by atoms with E-state index in [4.69, 9.17) is 10.00 Å². The van der Waals surface area contributed by atoms with Gasteiger partial charge in [0.2, 0.25) is 0 Å². The molecule has 16 heavy (non-hydrogen) atoms. The molecule has 1 N–H and O–H groups in total. The summed E-state index contributed by atoms with van der Waals surface area (Å²) in [5.74, 6) is 0. The lowest BCUT2D eigenvalue weighted by Gasteiger charge is -2.08. The van der Waals surface area contributed by atoms with Gasteiger partial charge in [0.25, 0.3) is 5.56 Å². The molecule has 0 bridgehead atoms. The topological polar surface area (TPSA) is 87.9 Å². The van der Waals surface area contributed by atoms with Gasteiger partial charge in [0.1, 0.15) is 11.6 Å². The standard InChI is InChI=1S/C10H13N3O3/c1-7(2)16-4-3-13-6-8(5-11)9(14)12-10(13)15/h6-7H,3-4H2,1-2H3,(H,12,14,15). The van der Waals surface area contributed by atoms with E-state index in [-0.39, 0.29) is 11.7 Å². The number of H-pyrrole nitrogens is 1. The Balaban J connectivity index is 2.85. The predicted molar refractivity (Wildman–Crippen MR) is 57.1 cm³/mol. The minimum Gasteiger partial charge on any atom is -0.377 e. The molecule has 0 aromatic carbocycles. The lowest BCUT2D eigenvalue weighted by atomic mass is 10.4. The Morgan fingerprint density at radius 2 is 2.25 bits per heavy atom. The molecule has 0 fully saturated rings. The fourth-order valence-corrected chi connectivity index (χ4v) is 1.14. The van der Waals surface area contributed by atoms with E-state index >= 15 is 0 Å². The summed E-state index contributed by atoms with van der Waals surface area (Å²) >= 11 is 0. The second-order valence-electron chi connectivity index (χ2n) is 3.53. The van der Waals surface area contributed by atoms with Crippen LogP contribution in [0.5, 0.6) is 0 Å². The van der Waals surface area contributed by atoms with Crippen LogP contribution in [0.15, 0.2) is 15.8 Å². The third-order valence-electron chi connectivity index (χ3n) is 1.91. The zero-order valence-corrected chi connectivity index (χ0v) is 9.19. The van der Waals surface area contributed by atoms with Crippen molar-refractivity contribution >= 4 is 0 Å². The smallest absolute Gasteiger partial charge is 0.328 e. The molecule has 0 amide bonds. The van der Waals surface area contributed by atoms with E-state index in [9.17, 15) is 9.59 Å². The molecule has 0 spiro atoms. The van der Waals surface area contributed by atoms with E-state index in [1.165, 1.54) is 10.8 Å². The third kappa shape index (κ3) is 3.07. The van der Waals surface area contributed by atoms with Gasteiger partial charge in [0.15, 0.2) is 0 Å². The average Bonchev–Trinajstić information content (AvgIpc) is 2.20. The molecule has 86 valence electrons. The van der Waals surface area contributed by atoms with Crippen molar-refractivity contribution < 1.29 is 4.74 Å². The van der Waals surface area contributed by atoms with Crippen molar-refractivity contribution in [1.82, 2.24) is 9.55 Å². The third-order valence-corrected chi connectivity index (χ3v) is 1.91. The van der Waals surface area contributed by atoms with Gasteiger partial charge in [0.05, 0.1) is 19.3 Å². The van der Waals surface area contributed by atoms with Crippen LogP contribution in [0.1, 0.15) is 19.4 Å². The molecule has 1 aromatic heterocycles. The minimum absolute atomic E-state index is 0.0777. The molecular formula is C10H13N3O3. The van der Waals surface area contributed by atoms with E-state index < -0.39 is 11.2 Å². The predicted octanol–water partition coefficient (Wildman–Crippen LogP) is -0.167. The van der Waals surface area contributed by atoms with Gasteiger partial charge < -0.3 is 4.74 Å². The molecule has 1 rings (SSSR count). The Morgan fingerprint density at radius 3 is 2.81 bits per heavy atom. The number of ether oxygens (including phenoxy) is 1. The lowest BCUT2D eigenvalue weighted by molar-refractivity contribution is 0.0720. The van der Waals surface area contributed by atoms with E-state index in [1.807, 2.05) is 13.8 Å². The van der Waals surface area contributed by atoms with E-state index in [2.05, 4.69) is 4.98 Å². The summed E-state index contributed by atoms with van der Waals surface area (Å²) in [4.78, 5) is 24.5. The summed E-state index contributed by atoms with van der Waals surface area (Å²) in [6.45, 7) is 4.43. The van der Waals surface area contributed by atoms with Crippen LogP contribution in [-0.4, -0.2) is 22.3 Å². The van der Waals surface area contributed by atoms with Gasteiger partial charge in [-0.05, 0) is 13.8 Å². The van der Waals surface area contributed by atoms with Gasteiger partial charge in [-0.1, -0.05) is 0 Å². The maximum absolute atomic E-state index is 11.3. The van der Waals surface area contributed by atoms with Gasteiger partial charge in [0, 0.05) is 6.20 Å². The first-order chi connectivity index (χ1) is 7.54. The lowest BCUT2D eigenvalue weighted by Crippen LogP contribution is -2.32. The summed E-state index contributed by atoms with van der Waals surface area (Å²) in [6, 6.07) is 1.72. The number of hydrogen-bond acceptors (Lipinski definition) is 4. The number of hydrogen-bond donors (Lipinski definition) is 1. The molecule has 1 heterocycles. The first kappa shape index (κ1) is 12.2. The normalized spacial score (nSPS) is 10.4. The molecule has 6 nitrogen and oxygen atoms in total. The summed E-state index contributed by atoms with van der Waals surface area (Å²) in [5.41, 5.74) is -1.27. The molecule has 0 aliphatic rings. The van der Waals surface area contributed by atoms with Crippen molar-refractivity contribution in [3.63, 3.8) is 0 Å². The van der Waals surface area contributed by atoms with Crippen LogP contribution in [0.3, 0.4) is 0 Å². The molecule has 0 radical (unpaired) electrons. The molecular weight excluding hydrogens is 210 g/mol. The minimum atomic E-state index is -0.659. The van der Waals surface area contributed by atoms with Crippen LogP contribution >= 0.6 is 0 Å². The number of rotatable bonds is 4. The molecule has 0 unspecified atom stereocenters. The summed E-state index contributed by atoms with van der Waals surface area (Å²) < 4.78 is 6.52. The number of nitrogens with zero attached hydrogens (tertiary/aromatic N) is 2. The first-order valence-corrected chi connectivity index (χ1v) is 4.90. The molecule has 1 aromatic rings. The van der Waals surface area contributed by atoms with Gasteiger partial charge in [-0.2, -0.15) is 5.26 Å². The average molecular weight is 223 g/mol. The number of nitrogens with one attached hydrogen (secondary N) is 1. The van der Waals surface area contributed by atoms with Crippen molar-refractivity contribution in [2.45, 2.75) is 26.5 Å². The van der Waals surface area contributed by atoms with Crippen LogP contribution in [0.2, 0.25) is 0 Å². The number of aromatic nitrogens is 2. The highest BCUT2D eigenvalue weighted by molar-refractivity contribution is 5.21. The van der Waals surface area contributed by atoms with Crippen LogP contribution in [0, 0.1) is 11.3 Å². The summed E-state index contributed by atoms with van der Waals surface area (Å²) in [6.07, 6.45) is 1.32. The quantitative estimate of drug-likeness (QED) is 0.767. The van der Waals surface area contributed by atoms with Crippen LogP contribution in [0.4, 0.5) is 0 Å². The highest BCUT2D eigenvalue weighted by atomic mass is 16.5. The van der Waals surface area contributed by atoms with Crippen molar-refractivity contribution in [3.05, 3.63) is 32.6 Å². The molecule has 0 saturated heterocycles. The zero-order valence-electron chi connectivity index (χ0n) is 9.19. The Kier molecular flexibility index (Phi) is 4.03. The Hall–Kier alpha value is -1.87. The van der Waals surface area contributed by atoms with Crippen LogP contribution in [-0.2, 0) is 11.3 Å². The van der Waals surface area contributed by atoms with Gasteiger partial charge in [-0.3, -0.25) is 14.3 Å². The second kappa shape index (κ2) is 5.28. The van der Waals surface area contributed by atoms with Crippen LogP contribution in [0.25, 0.3) is 0 Å². The molecule has 0 saturated carbocycles. The van der Waals surface area contributed by atoms with Crippen molar-refractivity contribution in [1.29, 1.82) is 5.26 Å². The highest BCUT2D eigenvalue weighted by Crippen LogP contribution is 1.90. The van der Waals surface area contributed by atoms with Crippen molar-refractivity contribution in [3.8, 4) is 6.07 Å². The molecule has 0 aliphatic carbocycles. The SMILES string of the molecule is CC(C)OCCn1cc(C#N)c(=O)[nH]c1=O. The van der Waals surface area contributed by atoms with E-state index in [0.29, 0.717) is 13.2 Å². The van der Waals surface area contributed by atoms with Gasteiger partial charge >= 0.3 is 5.69 Å². The van der Waals surface area contributed by atoms with Gasteiger partial charge in [-0.15, -0.1) is 0 Å². The summed E-state index contributed by atoms with van der Waals surface area (Å²) in [5, 5.41) is 8.63. The Labute approximate surface area is 92.1 Å². The fraction of sp³-hybridized carbons (Fsp3) is 0.500. The Morgan fingerprint density at radius 1 is 1.56 bits per heavy atom. The zero-order chi connectivity index (χ0) is 12.1. The maximum Gasteiger partial charge on any atom is 0.328 e. The largest absolute Gasteiger partial charge is 0.377 e. The van der Waals surface area contributed by atoms with Gasteiger partial charge in [-0.25, -0.2) is 4.79 Å². The number of nitriles is 1. The van der Waals surface area contributed by atoms with E-state index in [0.717, 1.165) is 0 Å². The maximum atomic E-state index is 11.3. The number of aromatic amines is 1. The van der Waals surface area contributed by atoms with Crippen LogP contribution < -0.4 is 11.2 Å². The molecule has 0 aliphatic heterocycles. The highest BCUT2D eigenvalue weighted by Gasteiger charge is 2.03. The molecule has 6 heteroatoms. The fourth-order valence-electron chi connectivity index (χ4n) is 1.14. The van der Waals surface area contributed by atoms with E-state index in [1.54, 1.807) is 6.07 Å². The monoisotopic (exact) mass is 223 g/mol. The molecule has 0 atom stereocenters. The summed E-state index contributed by atoms with van der Waals surface area (Å²) in [7, 11) is 0. The van der Waals surface area contributed by atoms with Crippen molar-refractivity contribution in [2.24, 2.45) is 0 Å². The Bertz CT molecular complexity index is 507. The second-order valence-corrected chi connectivity index (χ2v) is 3.53.